The summed E-state index contributed by atoms with van der Waals surface area (Å²) in [6.45, 7) is 3.74. The number of benzene rings is 1. The van der Waals surface area contributed by atoms with Crippen molar-refractivity contribution in [2.45, 2.75) is 31.2 Å². The van der Waals surface area contributed by atoms with Crippen molar-refractivity contribution in [3.05, 3.63) is 48.6 Å². The smallest absolute Gasteiger partial charge is 0.310 e. The van der Waals surface area contributed by atoms with E-state index in [1.54, 1.807) is 6.08 Å². The van der Waals surface area contributed by atoms with Crippen molar-refractivity contribution < 1.29 is 14.3 Å². The summed E-state index contributed by atoms with van der Waals surface area (Å²) in [6.07, 6.45) is 3.54. The van der Waals surface area contributed by atoms with E-state index in [-0.39, 0.29) is 18.0 Å². The molecule has 3 nitrogen and oxygen atoms in total. The summed E-state index contributed by atoms with van der Waals surface area (Å²) in [6, 6.07) is 9.67. The van der Waals surface area contributed by atoms with Crippen LogP contribution < -0.4 is 0 Å². The van der Waals surface area contributed by atoms with E-state index in [1.807, 2.05) is 30.3 Å². The van der Waals surface area contributed by atoms with E-state index in [0.29, 0.717) is 12.2 Å². The highest BCUT2D eigenvalue weighted by Gasteiger charge is 2.50. The van der Waals surface area contributed by atoms with Gasteiger partial charge < -0.3 is 9.47 Å². The van der Waals surface area contributed by atoms with Crippen molar-refractivity contribution in [1.29, 1.82) is 0 Å². The van der Waals surface area contributed by atoms with Crippen LogP contribution >= 0.6 is 0 Å². The van der Waals surface area contributed by atoms with Crippen molar-refractivity contribution in [3.8, 4) is 0 Å². The highest BCUT2D eigenvalue weighted by atomic mass is 16.6. The van der Waals surface area contributed by atoms with E-state index < -0.39 is 0 Å². The van der Waals surface area contributed by atoms with Crippen LogP contribution in [0.15, 0.2) is 43.0 Å². The SMILES string of the molecule is C=CC(OC(=O)C1CC2OC2C1)c1ccccc1. The van der Waals surface area contributed by atoms with Crippen molar-refractivity contribution in [1.82, 2.24) is 0 Å². The molecule has 2 fully saturated rings. The molecule has 94 valence electrons. The second kappa shape index (κ2) is 4.58. The lowest BCUT2D eigenvalue weighted by atomic mass is 10.1. The molecule has 1 aromatic carbocycles. The summed E-state index contributed by atoms with van der Waals surface area (Å²) in [4.78, 5) is 12.0. The molecule has 1 aliphatic carbocycles. The second-order valence-corrected chi connectivity index (χ2v) is 4.89. The fourth-order valence-electron chi connectivity index (χ4n) is 2.56. The number of carbonyl (C=O) groups is 1. The molecule has 18 heavy (non-hydrogen) atoms. The lowest BCUT2D eigenvalue weighted by molar-refractivity contribution is -0.152. The highest BCUT2D eigenvalue weighted by Crippen LogP contribution is 2.43. The predicted molar refractivity (Wildman–Crippen MR) is 66.9 cm³/mol. The van der Waals surface area contributed by atoms with E-state index in [0.717, 1.165) is 18.4 Å². The Labute approximate surface area is 106 Å². The molecule has 0 N–H and O–H groups in total. The van der Waals surface area contributed by atoms with Crippen LogP contribution in [0.5, 0.6) is 0 Å². The summed E-state index contributed by atoms with van der Waals surface area (Å²) in [5, 5.41) is 0. The first-order valence-electron chi connectivity index (χ1n) is 6.31. The molecule has 1 aromatic rings. The van der Waals surface area contributed by atoms with Crippen LogP contribution in [-0.4, -0.2) is 18.2 Å². The van der Waals surface area contributed by atoms with Gasteiger partial charge in [-0.3, -0.25) is 4.79 Å². The van der Waals surface area contributed by atoms with Gasteiger partial charge in [-0.25, -0.2) is 0 Å². The van der Waals surface area contributed by atoms with E-state index in [1.165, 1.54) is 0 Å². The number of hydrogen-bond acceptors (Lipinski definition) is 3. The molecule has 1 aliphatic heterocycles. The highest BCUT2D eigenvalue weighted by molar-refractivity contribution is 5.73. The lowest BCUT2D eigenvalue weighted by Crippen LogP contribution is -2.19. The van der Waals surface area contributed by atoms with E-state index in [9.17, 15) is 4.79 Å². The van der Waals surface area contributed by atoms with Crippen LogP contribution in [0.1, 0.15) is 24.5 Å². The molecule has 3 heteroatoms. The maximum atomic E-state index is 12.0. The number of hydrogen-bond donors (Lipinski definition) is 0. The minimum Gasteiger partial charge on any atom is -0.453 e. The lowest BCUT2D eigenvalue weighted by Gasteiger charge is -2.17. The van der Waals surface area contributed by atoms with E-state index in [2.05, 4.69) is 6.58 Å². The normalized spacial score (nSPS) is 30.3. The third kappa shape index (κ3) is 2.18. The minimum absolute atomic E-state index is 0.0000813. The maximum Gasteiger partial charge on any atom is 0.310 e. The largest absolute Gasteiger partial charge is 0.453 e. The monoisotopic (exact) mass is 244 g/mol. The maximum absolute atomic E-state index is 12.0. The number of fused-ring (bicyclic) bond motifs is 1. The zero-order valence-corrected chi connectivity index (χ0v) is 10.1. The Hall–Kier alpha value is -1.61. The zero-order valence-electron chi connectivity index (χ0n) is 10.1. The molecular formula is C15H16O3. The van der Waals surface area contributed by atoms with Crippen LogP contribution in [0.3, 0.4) is 0 Å². The molecule has 1 saturated carbocycles. The molecule has 1 saturated heterocycles. The summed E-state index contributed by atoms with van der Waals surface area (Å²) < 4.78 is 10.8. The quantitative estimate of drug-likeness (QED) is 0.464. The average Bonchev–Trinajstić information content (AvgIpc) is 3.03. The molecule has 0 aromatic heterocycles. The number of ether oxygens (including phenoxy) is 2. The molecule has 1 heterocycles. The first kappa shape index (κ1) is 11.5. The molecule has 3 atom stereocenters. The Morgan fingerprint density at radius 3 is 2.61 bits per heavy atom. The molecule has 0 bridgehead atoms. The fraction of sp³-hybridized carbons (Fsp3) is 0.400. The Morgan fingerprint density at radius 2 is 2.00 bits per heavy atom. The van der Waals surface area contributed by atoms with Crippen molar-refractivity contribution in [3.63, 3.8) is 0 Å². The first-order valence-corrected chi connectivity index (χ1v) is 6.31. The van der Waals surface area contributed by atoms with Gasteiger partial charge in [-0.05, 0) is 24.5 Å². The number of epoxide rings is 1. The summed E-state index contributed by atoms with van der Waals surface area (Å²) in [7, 11) is 0. The van der Waals surface area contributed by atoms with Crippen LogP contribution in [0, 0.1) is 5.92 Å². The van der Waals surface area contributed by atoms with Crippen LogP contribution in [0.2, 0.25) is 0 Å². The van der Waals surface area contributed by atoms with Crippen LogP contribution in [-0.2, 0) is 14.3 Å². The van der Waals surface area contributed by atoms with Gasteiger partial charge in [0.05, 0.1) is 18.1 Å². The van der Waals surface area contributed by atoms with Gasteiger partial charge in [0, 0.05) is 0 Å². The Kier molecular flexibility index (Phi) is 2.92. The molecule has 2 aliphatic rings. The zero-order chi connectivity index (χ0) is 12.5. The van der Waals surface area contributed by atoms with Crippen molar-refractivity contribution >= 4 is 5.97 Å². The van der Waals surface area contributed by atoms with Crippen molar-refractivity contribution in [2.75, 3.05) is 0 Å². The van der Waals surface area contributed by atoms with Gasteiger partial charge in [0.2, 0.25) is 0 Å². The van der Waals surface area contributed by atoms with Gasteiger partial charge in [0.15, 0.2) is 0 Å². The standard InChI is InChI=1S/C15H16O3/c1-2-12(10-6-4-3-5-7-10)18-15(16)11-8-13-14(9-11)17-13/h2-7,11-14H,1,8-9H2. The summed E-state index contributed by atoms with van der Waals surface area (Å²) >= 11 is 0. The Balaban J connectivity index is 1.63. The summed E-state index contributed by atoms with van der Waals surface area (Å²) in [5.74, 6) is -0.125. The van der Waals surface area contributed by atoms with Gasteiger partial charge in [-0.1, -0.05) is 36.9 Å². The third-order valence-electron chi connectivity index (χ3n) is 3.64. The molecule has 0 radical (unpaired) electrons. The molecule has 3 unspecified atom stereocenters. The summed E-state index contributed by atoms with van der Waals surface area (Å²) in [5.41, 5.74) is 0.959. The third-order valence-corrected chi connectivity index (χ3v) is 3.64. The van der Waals surface area contributed by atoms with Crippen molar-refractivity contribution in [2.24, 2.45) is 5.92 Å². The van der Waals surface area contributed by atoms with Gasteiger partial charge in [-0.2, -0.15) is 0 Å². The van der Waals surface area contributed by atoms with Gasteiger partial charge >= 0.3 is 5.97 Å². The number of esters is 1. The average molecular weight is 244 g/mol. The predicted octanol–water partition coefficient (Wildman–Crippen LogP) is 2.63. The first-order chi connectivity index (χ1) is 8.78. The van der Waals surface area contributed by atoms with Crippen LogP contribution in [0.25, 0.3) is 0 Å². The Morgan fingerprint density at radius 1 is 1.33 bits per heavy atom. The van der Waals surface area contributed by atoms with E-state index in [4.69, 9.17) is 9.47 Å². The fourth-order valence-corrected chi connectivity index (χ4v) is 2.56. The van der Waals surface area contributed by atoms with Crippen LogP contribution in [0.4, 0.5) is 0 Å². The van der Waals surface area contributed by atoms with Gasteiger partial charge in [0.1, 0.15) is 6.10 Å². The topological polar surface area (TPSA) is 38.8 Å². The van der Waals surface area contributed by atoms with Gasteiger partial charge in [0.25, 0.3) is 0 Å². The van der Waals surface area contributed by atoms with Gasteiger partial charge in [-0.15, -0.1) is 0 Å². The second-order valence-electron chi connectivity index (χ2n) is 4.89. The molecular weight excluding hydrogens is 228 g/mol. The minimum atomic E-state index is -0.350. The number of rotatable bonds is 4. The molecule has 0 spiro atoms. The molecule has 3 rings (SSSR count). The molecule has 0 amide bonds. The number of carbonyl (C=O) groups excluding carboxylic acids is 1. The van der Waals surface area contributed by atoms with E-state index >= 15 is 0 Å². The Bertz CT molecular complexity index is 444.